The minimum Gasteiger partial charge on any atom is -0.373 e. The van der Waals surface area contributed by atoms with Crippen molar-refractivity contribution in [3.63, 3.8) is 0 Å². The molecule has 1 atom stereocenters. The maximum atomic E-state index is 5.53. The molecule has 1 aliphatic rings. The van der Waals surface area contributed by atoms with Gasteiger partial charge in [-0.1, -0.05) is 0 Å². The van der Waals surface area contributed by atoms with Crippen LogP contribution < -0.4 is 0 Å². The molecule has 2 nitrogen and oxygen atoms in total. The highest BCUT2D eigenvalue weighted by atomic mass is 79.9. The van der Waals surface area contributed by atoms with Crippen LogP contribution in [0.3, 0.4) is 0 Å². The maximum absolute atomic E-state index is 5.53. The number of pyridine rings is 1. The predicted molar refractivity (Wildman–Crippen MR) is 49.9 cm³/mol. The summed E-state index contributed by atoms with van der Waals surface area (Å²) in [4.78, 5) is 4.10. The third-order valence-electron chi connectivity index (χ3n) is 2.03. The third-order valence-corrected chi connectivity index (χ3v) is 2.46. The molecule has 64 valence electrons. The van der Waals surface area contributed by atoms with E-state index in [2.05, 4.69) is 27.0 Å². The molecule has 1 aliphatic heterocycles. The van der Waals surface area contributed by atoms with Crippen LogP contribution in [0.5, 0.6) is 0 Å². The summed E-state index contributed by atoms with van der Waals surface area (Å²) in [5.41, 5.74) is 1.18. The molecule has 1 fully saturated rings. The van der Waals surface area contributed by atoms with Gasteiger partial charge in [0.15, 0.2) is 0 Å². The second-order valence-electron chi connectivity index (χ2n) is 2.94. The Morgan fingerprint density at radius 2 is 2.42 bits per heavy atom. The molecule has 2 heterocycles. The molecule has 0 saturated carbocycles. The van der Waals surface area contributed by atoms with Gasteiger partial charge in [-0.25, -0.2) is 0 Å². The zero-order valence-electron chi connectivity index (χ0n) is 6.66. The average molecular weight is 228 g/mol. The summed E-state index contributed by atoms with van der Waals surface area (Å²) in [5, 5.41) is 0. The van der Waals surface area contributed by atoms with Crippen molar-refractivity contribution < 1.29 is 4.74 Å². The number of aromatic nitrogens is 1. The molecule has 2 rings (SSSR count). The van der Waals surface area contributed by atoms with Crippen molar-refractivity contribution in [2.24, 2.45) is 0 Å². The van der Waals surface area contributed by atoms with Crippen LogP contribution in [0.1, 0.15) is 24.5 Å². The van der Waals surface area contributed by atoms with Gasteiger partial charge >= 0.3 is 0 Å². The first-order valence-electron chi connectivity index (χ1n) is 4.08. The first-order chi connectivity index (χ1) is 5.86. The van der Waals surface area contributed by atoms with Crippen LogP contribution in [0.15, 0.2) is 22.9 Å². The summed E-state index contributed by atoms with van der Waals surface area (Å²) in [6.45, 7) is 0.886. The molecule has 1 aromatic heterocycles. The second kappa shape index (κ2) is 3.54. The van der Waals surface area contributed by atoms with Gasteiger partial charge in [0.25, 0.3) is 0 Å². The van der Waals surface area contributed by atoms with E-state index in [1.165, 1.54) is 5.56 Å². The number of hydrogen-bond donors (Lipinski definition) is 0. The van der Waals surface area contributed by atoms with E-state index in [1.807, 2.05) is 6.20 Å². The maximum Gasteiger partial charge on any atom is 0.0841 e. The van der Waals surface area contributed by atoms with E-state index in [0.29, 0.717) is 0 Å². The van der Waals surface area contributed by atoms with Crippen LogP contribution in [0.25, 0.3) is 0 Å². The molecule has 0 bridgehead atoms. The van der Waals surface area contributed by atoms with Gasteiger partial charge in [0.2, 0.25) is 0 Å². The molecule has 0 aliphatic carbocycles. The Bertz CT molecular complexity index is 271. The highest BCUT2D eigenvalue weighted by Gasteiger charge is 2.17. The Labute approximate surface area is 80.1 Å². The van der Waals surface area contributed by atoms with Gasteiger partial charge in [-0.15, -0.1) is 0 Å². The van der Waals surface area contributed by atoms with E-state index in [0.717, 1.165) is 23.9 Å². The highest BCUT2D eigenvalue weighted by Crippen LogP contribution is 2.28. The van der Waals surface area contributed by atoms with E-state index in [4.69, 9.17) is 4.74 Å². The molecule has 1 unspecified atom stereocenters. The topological polar surface area (TPSA) is 22.1 Å². The SMILES string of the molecule is Brc1cncc(C2CCCO2)c1. The van der Waals surface area contributed by atoms with Crippen molar-refractivity contribution in [2.75, 3.05) is 6.61 Å². The van der Waals surface area contributed by atoms with Gasteiger partial charge in [0.1, 0.15) is 0 Å². The standard InChI is InChI=1S/C9H10BrNO/c10-8-4-7(5-11-6-8)9-2-1-3-12-9/h4-6,9H,1-3H2. The summed E-state index contributed by atoms with van der Waals surface area (Å²) in [6, 6.07) is 2.07. The molecule has 1 saturated heterocycles. The second-order valence-corrected chi connectivity index (χ2v) is 3.85. The molecule has 1 aromatic rings. The van der Waals surface area contributed by atoms with Crippen molar-refractivity contribution in [1.82, 2.24) is 4.98 Å². The lowest BCUT2D eigenvalue weighted by Gasteiger charge is -2.08. The zero-order chi connectivity index (χ0) is 8.39. The van der Waals surface area contributed by atoms with Crippen molar-refractivity contribution in [3.8, 4) is 0 Å². The summed E-state index contributed by atoms with van der Waals surface area (Å²) in [5.74, 6) is 0. The molecule has 12 heavy (non-hydrogen) atoms. The number of rotatable bonds is 1. The van der Waals surface area contributed by atoms with Crippen molar-refractivity contribution >= 4 is 15.9 Å². The van der Waals surface area contributed by atoms with Crippen molar-refractivity contribution in [2.45, 2.75) is 18.9 Å². The minimum absolute atomic E-state index is 0.273. The fraction of sp³-hybridized carbons (Fsp3) is 0.444. The van der Waals surface area contributed by atoms with Crippen LogP contribution in [0.2, 0.25) is 0 Å². The fourth-order valence-corrected chi connectivity index (χ4v) is 1.83. The van der Waals surface area contributed by atoms with Crippen LogP contribution in [-0.4, -0.2) is 11.6 Å². The van der Waals surface area contributed by atoms with Gasteiger partial charge in [0, 0.05) is 29.0 Å². The quantitative estimate of drug-likeness (QED) is 0.737. The van der Waals surface area contributed by atoms with E-state index >= 15 is 0 Å². The highest BCUT2D eigenvalue weighted by molar-refractivity contribution is 9.10. The fourth-order valence-electron chi connectivity index (χ4n) is 1.44. The summed E-state index contributed by atoms with van der Waals surface area (Å²) >= 11 is 3.39. The Hall–Kier alpha value is -0.410. The number of halogens is 1. The monoisotopic (exact) mass is 227 g/mol. The molecular formula is C9H10BrNO. The van der Waals surface area contributed by atoms with Crippen LogP contribution in [-0.2, 0) is 4.74 Å². The molecule has 0 spiro atoms. The molecule has 3 heteroatoms. The molecule has 0 amide bonds. The number of hydrogen-bond acceptors (Lipinski definition) is 2. The molecular weight excluding hydrogens is 218 g/mol. The number of ether oxygens (including phenoxy) is 1. The lowest BCUT2D eigenvalue weighted by Crippen LogP contribution is -1.95. The zero-order valence-corrected chi connectivity index (χ0v) is 8.25. The Balaban J connectivity index is 2.21. The van der Waals surface area contributed by atoms with E-state index in [-0.39, 0.29) is 6.10 Å². The predicted octanol–water partition coefficient (Wildman–Crippen LogP) is 2.70. The minimum atomic E-state index is 0.273. The molecule has 0 aromatic carbocycles. The smallest absolute Gasteiger partial charge is 0.0841 e. The summed E-state index contributed by atoms with van der Waals surface area (Å²) < 4.78 is 6.56. The molecule has 0 N–H and O–H groups in total. The summed E-state index contributed by atoms with van der Waals surface area (Å²) in [7, 11) is 0. The first-order valence-corrected chi connectivity index (χ1v) is 4.87. The van der Waals surface area contributed by atoms with E-state index < -0.39 is 0 Å². The Morgan fingerprint density at radius 3 is 3.08 bits per heavy atom. The lowest BCUT2D eigenvalue weighted by atomic mass is 10.1. The number of nitrogens with zero attached hydrogens (tertiary/aromatic N) is 1. The Kier molecular flexibility index (Phi) is 2.42. The van der Waals surface area contributed by atoms with Crippen LogP contribution in [0, 0.1) is 0 Å². The summed E-state index contributed by atoms with van der Waals surface area (Å²) in [6.07, 6.45) is 6.23. The van der Waals surface area contributed by atoms with Gasteiger partial charge in [-0.05, 0) is 34.8 Å². The van der Waals surface area contributed by atoms with E-state index in [1.54, 1.807) is 6.20 Å². The third kappa shape index (κ3) is 1.67. The van der Waals surface area contributed by atoms with Crippen LogP contribution >= 0.6 is 15.9 Å². The largest absolute Gasteiger partial charge is 0.373 e. The van der Waals surface area contributed by atoms with Crippen LogP contribution in [0.4, 0.5) is 0 Å². The van der Waals surface area contributed by atoms with Gasteiger partial charge in [0.05, 0.1) is 6.10 Å². The Morgan fingerprint density at radius 1 is 1.50 bits per heavy atom. The van der Waals surface area contributed by atoms with Gasteiger partial charge in [-0.3, -0.25) is 4.98 Å². The lowest BCUT2D eigenvalue weighted by molar-refractivity contribution is 0.111. The average Bonchev–Trinajstić information content (AvgIpc) is 2.56. The molecule has 0 radical (unpaired) electrons. The van der Waals surface area contributed by atoms with E-state index in [9.17, 15) is 0 Å². The van der Waals surface area contributed by atoms with Crippen molar-refractivity contribution in [3.05, 3.63) is 28.5 Å². The van der Waals surface area contributed by atoms with Gasteiger partial charge in [-0.2, -0.15) is 0 Å². The van der Waals surface area contributed by atoms with Crippen molar-refractivity contribution in [1.29, 1.82) is 0 Å². The normalized spacial score (nSPS) is 22.9. The van der Waals surface area contributed by atoms with Gasteiger partial charge < -0.3 is 4.74 Å². The first kappa shape index (κ1) is 8.20.